The molecule has 1 aromatic rings. The first-order chi connectivity index (χ1) is 13.5. The van der Waals surface area contributed by atoms with Gasteiger partial charge in [0.25, 0.3) is 0 Å². The van der Waals surface area contributed by atoms with E-state index in [4.69, 9.17) is 5.11 Å². The highest BCUT2D eigenvalue weighted by atomic mass is 16.4. The van der Waals surface area contributed by atoms with Gasteiger partial charge in [-0.2, -0.15) is 0 Å². The molecule has 0 bridgehead atoms. The summed E-state index contributed by atoms with van der Waals surface area (Å²) in [5.41, 5.74) is 1.31. The molecular weight excluding hydrogens is 356 g/mol. The first-order valence-electron chi connectivity index (χ1n) is 10.3. The third-order valence-electron chi connectivity index (χ3n) is 5.83. The molecule has 2 fully saturated rings. The quantitative estimate of drug-likeness (QED) is 0.745. The Morgan fingerprint density at radius 1 is 1.14 bits per heavy atom. The first kappa shape index (κ1) is 20.6. The van der Waals surface area contributed by atoms with Gasteiger partial charge >= 0.3 is 12.0 Å². The lowest BCUT2D eigenvalue weighted by molar-refractivity contribution is -0.139. The van der Waals surface area contributed by atoms with Crippen molar-refractivity contribution in [1.82, 2.24) is 20.0 Å². The summed E-state index contributed by atoms with van der Waals surface area (Å²) in [6, 6.07) is 10.9. The molecule has 1 saturated carbocycles. The normalized spacial score (nSPS) is 23.1. The smallest absolute Gasteiger partial charge is 0.317 e. The summed E-state index contributed by atoms with van der Waals surface area (Å²) in [5, 5.41) is 12.1. The molecule has 0 radical (unpaired) electrons. The van der Waals surface area contributed by atoms with Crippen LogP contribution in [0.1, 0.15) is 31.7 Å². The highest BCUT2D eigenvalue weighted by molar-refractivity contribution is 5.74. The number of rotatable bonds is 7. The second-order valence-electron chi connectivity index (χ2n) is 7.83. The minimum absolute atomic E-state index is 0.0197. The molecule has 7 heteroatoms. The van der Waals surface area contributed by atoms with Crippen molar-refractivity contribution in [3.8, 4) is 0 Å². The van der Waals surface area contributed by atoms with E-state index in [1.165, 1.54) is 5.56 Å². The van der Waals surface area contributed by atoms with Crippen LogP contribution in [-0.4, -0.2) is 83.2 Å². The van der Waals surface area contributed by atoms with Crippen molar-refractivity contribution >= 4 is 12.0 Å². The van der Waals surface area contributed by atoms with E-state index in [1.54, 1.807) is 0 Å². The van der Waals surface area contributed by atoms with Gasteiger partial charge in [0.05, 0.1) is 6.54 Å². The lowest BCUT2D eigenvalue weighted by Crippen LogP contribution is -2.57. The van der Waals surface area contributed by atoms with E-state index in [1.807, 2.05) is 22.8 Å². The molecule has 1 saturated heterocycles. The molecule has 0 unspecified atom stereocenters. The lowest BCUT2D eigenvalue weighted by Gasteiger charge is -2.42. The van der Waals surface area contributed by atoms with Crippen LogP contribution in [0.3, 0.4) is 0 Å². The Morgan fingerprint density at radius 3 is 2.57 bits per heavy atom. The van der Waals surface area contributed by atoms with Crippen molar-refractivity contribution < 1.29 is 14.7 Å². The zero-order chi connectivity index (χ0) is 19.9. The van der Waals surface area contributed by atoms with E-state index in [2.05, 4.69) is 34.5 Å². The molecule has 2 N–H and O–H groups in total. The number of carbonyl (C=O) groups excluding carboxylic acids is 1. The number of hydrogen-bond acceptors (Lipinski definition) is 4. The Balaban J connectivity index is 1.40. The van der Waals surface area contributed by atoms with Crippen LogP contribution in [0, 0.1) is 0 Å². The second-order valence-corrected chi connectivity index (χ2v) is 7.83. The van der Waals surface area contributed by atoms with Crippen LogP contribution in [0.4, 0.5) is 4.79 Å². The van der Waals surface area contributed by atoms with Gasteiger partial charge in [-0.1, -0.05) is 37.3 Å². The lowest BCUT2D eigenvalue weighted by atomic mass is 9.85. The highest BCUT2D eigenvalue weighted by Gasteiger charge is 2.35. The molecule has 3 rings (SSSR count). The number of nitrogens with one attached hydrogen (secondary N) is 1. The minimum atomic E-state index is -0.793. The summed E-state index contributed by atoms with van der Waals surface area (Å²) >= 11 is 0. The molecule has 1 heterocycles. The fraction of sp³-hybridized carbons (Fsp3) is 0.619. The summed E-state index contributed by atoms with van der Waals surface area (Å²) in [4.78, 5) is 29.9. The number of carboxylic acid groups (broad SMARTS) is 1. The van der Waals surface area contributed by atoms with Crippen LogP contribution < -0.4 is 5.32 Å². The number of carbonyl (C=O) groups is 2. The van der Waals surface area contributed by atoms with Crippen molar-refractivity contribution in [2.75, 3.05) is 39.3 Å². The number of aliphatic carboxylic acids is 1. The Bertz CT molecular complexity index is 648. The van der Waals surface area contributed by atoms with Gasteiger partial charge in [-0.05, 0) is 31.4 Å². The number of urea groups is 1. The molecule has 1 aliphatic carbocycles. The topological polar surface area (TPSA) is 76.1 Å². The van der Waals surface area contributed by atoms with Gasteiger partial charge in [-0.25, -0.2) is 4.79 Å². The van der Waals surface area contributed by atoms with Gasteiger partial charge in [-0.3, -0.25) is 14.6 Å². The zero-order valence-corrected chi connectivity index (χ0v) is 16.7. The Labute approximate surface area is 167 Å². The summed E-state index contributed by atoms with van der Waals surface area (Å²) in [7, 11) is 0. The summed E-state index contributed by atoms with van der Waals surface area (Å²) < 4.78 is 0. The molecule has 154 valence electrons. The average molecular weight is 389 g/mol. The molecule has 2 amide bonds. The van der Waals surface area contributed by atoms with Crippen LogP contribution in [0.25, 0.3) is 0 Å². The van der Waals surface area contributed by atoms with Gasteiger partial charge in [0, 0.05) is 44.8 Å². The van der Waals surface area contributed by atoms with Crippen LogP contribution in [0.2, 0.25) is 0 Å². The third-order valence-corrected chi connectivity index (χ3v) is 5.83. The van der Waals surface area contributed by atoms with E-state index in [9.17, 15) is 9.59 Å². The Kier molecular flexibility index (Phi) is 7.28. The van der Waals surface area contributed by atoms with Crippen molar-refractivity contribution in [1.29, 1.82) is 0 Å². The number of likely N-dealkylation sites (N-methyl/N-ethyl adjacent to an activating group) is 1. The Hall–Kier alpha value is -2.12. The van der Waals surface area contributed by atoms with Crippen molar-refractivity contribution in [2.24, 2.45) is 0 Å². The summed E-state index contributed by atoms with van der Waals surface area (Å²) in [6.45, 7) is 7.13. The molecular formula is C21H32N4O3. The Morgan fingerprint density at radius 2 is 1.89 bits per heavy atom. The number of benzene rings is 1. The molecule has 0 spiro atoms. The van der Waals surface area contributed by atoms with Gasteiger partial charge in [-0.15, -0.1) is 0 Å². The van der Waals surface area contributed by atoms with Crippen molar-refractivity contribution in [2.45, 2.75) is 44.8 Å². The maximum Gasteiger partial charge on any atom is 0.317 e. The summed E-state index contributed by atoms with van der Waals surface area (Å²) in [6.07, 6.45) is 2.65. The number of nitrogens with zero attached hydrogens (tertiary/aromatic N) is 3. The minimum Gasteiger partial charge on any atom is -0.480 e. The van der Waals surface area contributed by atoms with E-state index in [0.29, 0.717) is 0 Å². The van der Waals surface area contributed by atoms with Gasteiger partial charge < -0.3 is 15.3 Å². The SMILES string of the molecule is CCN(CC(=O)O)C1CC(NC(=O)N2CCCN(Cc3ccccc3)CC2)C1. The molecule has 0 atom stereocenters. The number of amides is 2. The molecule has 1 aliphatic heterocycles. The fourth-order valence-corrected chi connectivity index (χ4v) is 4.12. The third kappa shape index (κ3) is 5.69. The monoisotopic (exact) mass is 388 g/mol. The van der Waals surface area contributed by atoms with Gasteiger partial charge in [0.1, 0.15) is 0 Å². The average Bonchev–Trinajstić information content (AvgIpc) is 2.89. The number of carboxylic acids is 1. The fourth-order valence-electron chi connectivity index (χ4n) is 4.12. The van der Waals surface area contributed by atoms with Gasteiger partial charge in [0.15, 0.2) is 0 Å². The molecule has 28 heavy (non-hydrogen) atoms. The predicted octanol–water partition coefficient (Wildman–Crippen LogP) is 1.84. The van der Waals surface area contributed by atoms with E-state index < -0.39 is 5.97 Å². The van der Waals surface area contributed by atoms with Crippen LogP contribution in [0.15, 0.2) is 30.3 Å². The van der Waals surface area contributed by atoms with Gasteiger partial charge in [0.2, 0.25) is 0 Å². The molecule has 1 aromatic carbocycles. The zero-order valence-electron chi connectivity index (χ0n) is 16.7. The highest BCUT2D eigenvalue weighted by Crippen LogP contribution is 2.25. The first-order valence-corrected chi connectivity index (χ1v) is 10.3. The number of hydrogen-bond donors (Lipinski definition) is 2. The van der Waals surface area contributed by atoms with E-state index in [0.717, 1.165) is 58.5 Å². The standard InChI is InChI=1S/C21H32N4O3/c1-2-24(16-20(26)27)19-13-18(14-19)22-21(28)25-10-6-9-23(11-12-25)15-17-7-4-3-5-8-17/h3-5,7-8,18-19H,2,6,9-16H2,1H3,(H,22,28)(H,26,27). The predicted molar refractivity (Wildman–Crippen MR) is 108 cm³/mol. The van der Waals surface area contributed by atoms with Crippen LogP contribution in [0.5, 0.6) is 0 Å². The second kappa shape index (κ2) is 9.89. The van der Waals surface area contributed by atoms with Crippen LogP contribution >= 0.6 is 0 Å². The van der Waals surface area contributed by atoms with Crippen molar-refractivity contribution in [3.63, 3.8) is 0 Å². The van der Waals surface area contributed by atoms with E-state index >= 15 is 0 Å². The molecule has 7 nitrogen and oxygen atoms in total. The maximum atomic E-state index is 12.6. The molecule has 2 aliphatic rings. The van der Waals surface area contributed by atoms with Crippen molar-refractivity contribution in [3.05, 3.63) is 35.9 Å². The summed E-state index contributed by atoms with van der Waals surface area (Å²) in [5.74, 6) is -0.793. The van der Waals surface area contributed by atoms with Crippen LogP contribution in [-0.2, 0) is 11.3 Å². The molecule has 0 aromatic heterocycles. The maximum absolute atomic E-state index is 12.6. The largest absolute Gasteiger partial charge is 0.480 e. The van der Waals surface area contributed by atoms with E-state index in [-0.39, 0.29) is 24.7 Å².